The van der Waals surface area contributed by atoms with Crippen molar-refractivity contribution in [1.82, 2.24) is 15.0 Å². The van der Waals surface area contributed by atoms with Crippen LogP contribution in [0, 0.1) is 0 Å². The summed E-state index contributed by atoms with van der Waals surface area (Å²) in [4.78, 5) is 17.2. The fourth-order valence-corrected chi connectivity index (χ4v) is 13.7. The summed E-state index contributed by atoms with van der Waals surface area (Å²) in [6, 6.07) is 69.2. The quantitative estimate of drug-likeness (QED) is 0.172. The Balaban J connectivity index is 1.20. The summed E-state index contributed by atoms with van der Waals surface area (Å²) in [6.45, 7) is 0. The molecule has 0 amide bonds. The van der Waals surface area contributed by atoms with Crippen LogP contribution in [-0.4, -0.2) is 23.0 Å². The second-order valence-corrected chi connectivity index (χ2v) is 17.0. The zero-order chi connectivity index (χ0) is 33.3. The van der Waals surface area contributed by atoms with Crippen LogP contribution < -0.4 is 25.6 Å². The minimum absolute atomic E-state index is 0.643. The number of hydrogen-bond donors (Lipinski definition) is 0. The Bertz CT molecular complexity index is 2270. The van der Waals surface area contributed by atoms with Gasteiger partial charge in [0, 0.05) is 0 Å². The molecule has 50 heavy (non-hydrogen) atoms. The van der Waals surface area contributed by atoms with Crippen LogP contribution in [0.25, 0.3) is 34.2 Å². The van der Waals surface area contributed by atoms with Gasteiger partial charge in [0.05, 0.1) is 0 Å². The van der Waals surface area contributed by atoms with E-state index >= 15 is 0 Å². The standard InChI is InChI=1S/C45H33N4Si/c1-5-17-33(18-6-1)43-46-44(34-19-7-2-8-20-34)48-45(47-43)35-29-31-36(32-30-35)49-39-25-13-15-27-41(39)50(37-21-9-3-10-22-37,38-23-11-4-12-24-38)42-28-16-14-26-40(42)49/h1-32,50H/q-1. The van der Waals surface area contributed by atoms with Crippen molar-refractivity contribution >= 4 is 45.9 Å². The van der Waals surface area contributed by atoms with Gasteiger partial charge in [0.25, 0.3) is 0 Å². The molecule has 9 rings (SSSR count). The number of nitrogens with zero attached hydrogens (tertiary/aromatic N) is 4. The average molecular weight is 658 g/mol. The van der Waals surface area contributed by atoms with Crippen molar-refractivity contribution in [2.45, 2.75) is 0 Å². The van der Waals surface area contributed by atoms with Gasteiger partial charge in [0.2, 0.25) is 0 Å². The molecule has 1 aromatic heterocycles. The third kappa shape index (κ3) is 4.95. The van der Waals surface area contributed by atoms with Crippen LogP contribution in [0.3, 0.4) is 0 Å². The van der Waals surface area contributed by atoms with Crippen LogP contribution >= 0.6 is 0 Å². The van der Waals surface area contributed by atoms with Crippen molar-refractivity contribution in [1.29, 1.82) is 0 Å². The number of benzene rings is 7. The van der Waals surface area contributed by atoms with Crippen LogP contribution in [0.4, 0.5) is 17.1 Å². The average Bonchev–Trinajstić information content (AvgIpc) is 3.21. The normalized spacial score (nSPS) is 13.6. The Hall–Kier alpha value is -6.43. The summed E-state index contributed by atoms with van der Waals surface area (Å²) in [6.07, 6.45) is 0. The van der Waals surface area contributed by atoms with Crippen LogP contribution in [-0.2, 0) is 0 Å². The van der Waals surface area contributed by atoms with Gasteiger partial charge in [0.1, 0.15) is 0 Å². The minimum atomic E-state index is -3.09. The summed E-state index contributed by atoms with van der Waals surface area (Å²) in [5.74, 6) is 1.95. The Morgan fingerprint density at radius 1 is 0.320 bits per heavy atom. The third-order valence-corrected chi connectivity index (χ3v) is 15.6. The van der Waals surface area contributed by atoms with Crippen molar-refractivity contribution in [3.63, 3.8) is 0 Å². The molecule has 5 heteroatoms. The van der Waals surface area contributed by atoms with E-state index in [0.717, 1.165) is 22.4 Å². The van der Waals surface area contributed by atoms with Crippen LogP contribution in [0.2, 0.25) is 0 Å². The van der Waals surface area contributed by atoms with E-state index in [-0.39, 0.29) is 0 Å². The molecule has 0 saturated carbocycles. The van der Waals surface area contributed by atoms with Gasteiger partial charge < -0.3 is 0 Å². The van der Waals surface area contributed by atoms with Gasteiger partial charge in [-0.25, -0.2) is 0 Å². The van der Waals surface area contributed by atoms with E-state index in [4.69, 9.17) is 15.0 Å². The SMILES string of the molecule is c1ccc(-c2nc(-c3ccccc3)nc(-c3ccc(N4c5ccccc5[SiH-](c5ccccc5)(c5ccccc5)c5ccccc54)cc3)n2)cc1. The maximum atomic E-state index is 4.97. The Morgan fingerprint density at radius 2 is 0.660 bits per heavy atom. The Labute approximate surface area is 293 Å². The van der Waals surface area contributed by atoms with E-state index in [0.29, 0.717) is 17.5 Å². The van der Waals surface area contributed by atoms with Crippen LogP contribution in [0.5, 0.6) is 0 Å². The summed E-state index contributed by atoms with van der Waals surface area (Å²) < 4.78 is 0. The van der Waals surface area contributed by atoms with E-state index in [9.17, 15) is 0 Å². The molecule has 0 N–H and O–H groups in total. The van der Waals surface area contributed by atoms with Gasteiger partial charge in [-0.05, 0) is 0 Å². The first-order valence-corrected chi connectivity index (χ1v) is 19.3. The van der Waals surface area contributed by atoms with Crippen molar-refractivity contribution in [3.05, 3.63) is 194 Å². The number of aromatic nitrogens is 3. The molecule has 7 aromatic carbocycles. The van der Waals surface area contributed by atoms with Crippen molar-refractivity contribution in [2.75, 3.05) is 4.90 Å². The molecule has 0 radical (unpaired) electrons. The molecule has 0 saturated heterocycles. The van der Waals surface area contributed by atoms with Crippen molar-refractivity contribution < 1.29 is 0 Å². The van der Waals surface area contributed by atoms with Crippen molar-refractivity contribution in [3.8, 4) is 34.2 Å². The summed E-state index contributed by atoms with van der Waals surface area (Å²) in [7, 11) is -3.09. The number of para-hydroxylation sites is 2. The molecule has 238 valence electrons. The fourth-order valence-electron chi connectivity index (χ4n) is 7.78. The smallest absolute Gasteiger partial charge is 0.0615 e. The Morgan fingerprint density at radius 3 is 1.08 bits per heavy atom. The third-order valence-electron chi connectivity index (χ3n) is 9.97. The first-order valence-electron chi connectivity index (χ1n) is 17.0. The predicted molar refractivity (Wildman–Crippen MR) is 209 cm³/mol. The number of hydrogen-bond acceptors (Lipinski definition) is 4. The molecule has 0 aliphatic carbocycles. The van der Waals surface area contributed by atoms with E-state index in [1.807, 2.05) is 60.7 Å². The van der Waals surface area contributed by atoms with Gasteiger partial charge >= 0.3 is 258 Å². The number of rotatable bonds is 6. The molecular weight excluding hydrogens is 625 g/mol. The van der Waals surface area contributed by atoms with Gasteiger partial charge in [0.15, 0.2) is 0 Å². The molecule has 1 aliphatic heterocycles. The molecule has 0 bridgehead atoms. The van der Waals surface area contributed by atoms with Gasteiger partial charge in [-0.1, -0.05) is 36.4 Å². The number of fused-ring (bicyclic) bond motifs is 2. The summed E-state index contributed by atoms with van der Waals surface area (Å²) in [5.41, 5.74) is 6.36. The first kappa shape index (κ1) is 29.7. The molecule has 0 unspecified atom stereocenters. The molecule has 2 heterocycles. The van der Waals surface area contributed by atoms with Crippen LogP contribution in [0.15, 0.2) is 194 Å². The summed E-state index contributed by atoms with van der Waals surface area (Å²) >= 11 is 0. The Kier molecular flexibility index (Phi) is 7.45. The maximum absolute atomic E-state index is 4.97. The second-order valence-electron chi connectivity index (χ2n) is 12.7. The zero-order valence-electron chi connectivity index (χ0n) is 27.3. The minimum Gasteiger partial charge on any atom is -0.0615 e. The van der Waals surface area contributed by atoms with Gasteiger partial charge in [-0.3, -0.25) is 0 Å². The molecule has 0 fully saturated rings. The van der Waals surface area contributed by atoms with E-state index < -0.39 is 8.07 Å². The molecule has 1 aliphatic rings. The van der Waals surface area contributed by atoms with Gasteiger partial charge in [-0.2, -0.15) is 0 Å². The molecule has 4 nitrogen and oxygen atoms in total. The molecular formula is C45H33N4Si-. The van der Waals surface area contributed by atoms with Gasteiger partial charge in [-0.15, -0.1) is 0 Å². The number of anilines is 3. The molecule has 0 spiro atoms. The molecule has 8 aromatic rings. The topological polar surface area (TPSA) is 41.9 Å². The monoisotopic (exact) mass is 657 g/mol. The molecule has 0 atom stereocenters. The summed E-state index contributed by atoms with van der Waals surface area (Å²) in [5, 5.41) is 5.61. The predicted octanol–water partition coefficient (Wildman–Crippen LogP) is 7.77. The first-order chi connectivity index (χ1) is 24.8. The van der Waals surface area contributed by atoms with E-state index in [1.54, 1.807) is 0 Å². The van der Waals surface area contributed by atoms with E-state index in [1.165, 1.54) is 32.1 Å². The fraction of sp³-hybridized carbons (Fsp3) is 0. The van der Waals surface area contributed by atoms with E-state index in [2.05, 4.69) is 138 Å². The van der Waals surface area contributed by atoms with Crippen molar-refractivity contribution in [2.24, 2.45) is 0 Å². The second kappa shape index (κ2) is 12.5. The zero-order valence-corrected chi connectivity index (χ0v) is 28.5. The van der Waals surface area contributed by atoms with Crippen LogP contribution in [0.1, 0.15) is 0 Å².